The molecule has 0 atom stereocenters. The van der Waals surface area contributed by atoms with Crippen LogP contribution in [0.5, 0.6) is 0 Å². The van der Waals surface area contributed by atoms with Gasteiger partial charge in [-0.15, -0.1) is 5.10 Å². The van der Waals surface area contributed by atoms with Gasteiger partial charge in [0.2, 0.25) is 5.95 Å². The van der Waals surface area contributed by atoms with E-state index in [1.54, 1.807) is 6.20 Å². The van der Waals surface area contributed by atoms with Gasteiger partial charge in [0.15, 0.2) is 5.82 Å². The molecule has 6 heteroatoms. The van der Waals surface area contributed by atoms with Crippen molar-refractivity contribution in [3.05, 3.63) is 60.3 Å². The zero-order chi connectivity index (χ0) is 20.3. The zero-order valence-corrected chi connectivity index (χ0v) is 17.3. The van der Waals surface area contributed by atoms with Gasteiger partial charge in [0.05, 0.1) is 6.20 Å². The van der Waals surface area contributed by atoms with Gasteiger partial charge in [-0.3, -0.25) is 0 Å². The van der Waals surface area contributed by atoms with Crippen LogP contribution in [0.3, 0.4) is 0 Å². The Kier molecular flexibility index (Phi) is 5.34. The van der Waals surface area contributed by atoms with Crippen molar-refractivity contribution in [2.45, 2.75) is 39.0 Å². The first-order valence-corrected chi connectivity index (χ1v) is 10.2. The Morgan fingerprint density at radius 2 is 1.45 bits per heavy atom. The molecular formula is C23H28N6. The summed E-state index contributed by atoms with van der Waals surface area (Å²) in [5, 5.41) is 14.7. The summed E-state index contributed by atoms with van der Waals surface area (Å²) in [6.45, 7) is 8.91. The Balaban J connectivity index is 1.42. The van der Waals surface area contributed by atoms with Crippen LogP contribution >= 0.6 is 0 Å². The quantitative estimate of drug-likeness (QED) is 0.622. The van der Waals surface area contributed by atoms with E-state index in [1.165, 1.54) is 24.1 Å². The van der Waals surface area contributed by atoms with Crippen LogP contribution in [0, 0.1) is 0 Å². The fraction of sp³-hybridized carbons (Fsp3) is 0.348. The first-order valence-electron chi connectivity index (χ1n) is 10.2. The number of anilines is 5. The molecule has 3 aromatic rings. The highest BCUT2D eigenvalue weighted by molar-refractivity contribution is 5.61. The maximum absolute atomic E-state index is 4.53. The van der Waals surface area contributed by atoms with E-state index in [2.05, 4.69) is 100 Å². The number of nitrogens with one attached hydrogen (secondary N) is 2. The van der Waals surface area contributed by atoms with E-state index in [0.717, 1.165) is 24.5 Å². The van der Waals surface area contributed by atoms with Gasteiger partial charge in [-0.05, 0) is 60.2 Å². The van der Waals surface area contributed by atoms with Gasteiger partial charge in [-0.2, -0.15) is 10.1 Å². The molecule has 1 aliphatic rings. The van der Waals surface area contributed by atoms with Crippen LogP contribution in [0.4, 0.5) is 28.8 Å². The van der Waals surface area contributed by atoms with Gasteiger partial charge in [0.25, 0.3) is 0 Å². The highest BCUT2D eigenvalue weighted by atomic mass is 15.3. The Labute approximate surface area is 172 Å². The predicted molar refractivity (Wildman–Crippen MR) is 119 cm³/mol. The second-order valence-electron chi connectivity index (χ2n) is 8.48. The molecule has 1 fully saturated rings. The van der Waals surface area contributed by atoms with Crippen LogP contribution in [0.15, 0.2) is 54.7 Å². The molecule has 0 amide bonds. The monoisotopic (exact) mass is 388 g/mol. The third-order valence-corrected chi connectivity index (χ3v) is 5.18. The zero-order valence-electron chi connectivity index (χ0n) is 17.3. The molecule has 0 bridgehead atoms. The van der Waals surface area contributed by atoms with E-state index < -0.39 is 0 Å². The molecule has 0 aliphatic carbocycles. The van der Waals surface area contributed by atoms with Crippen molar-refractivity contribution in [3.8, 4) is 0 Å². The largest absolute Gasteiger partial charge is 0.372 e. The number of benzene rings is 2. The molecule has 4 rings (SSSR count). The van der Waals surface area contributed by atoms with Gasteiger partial charge < -0.3 is 15.5 Å². The summed E-state index contributed by atoms with van der Waals surface area (Å²) in [6, 6.07) is 16.8. The summed E-state index contributed by atoms with van der Waals surface area (Å²) in [5.41, 5.74) is 4.61. The average molecular weight is 389 g/mol. The van der Waals surface area contributed by atoms with Gasteiger partial charge in [-0.25, -0.2) is 0 Å². The minimum atomic E-state index is 0.135. The van der Waals surface area contributed by atoms with Crippen LogP contribution in [-0.2, 0) is 5.41 Å². The van der Waals surface area contributed by atoms with Crippen molar-refractivity contribution in [3.63, 3.8) is 0 Å². The van der Waals surface area contributed by atoms with Crippen molar-refractivity contribution in [1.82, 2.24) is 15.2 Å². The first-order chi connectivity index (χ1) is 14.0. The lowest BCUT2D eigenvalue weighted by Crippen LogP contribution is -2.17. The van der Waals surface area contributed by atoms with Gasteiger partial charge >= 0.3 is 0 Å². The minimum absolute atomic E-state index is 0.135. The van der Waals surface area contributed by atoms with Crippen LogP contribution in [0.2, 0.25) is 0 Å². The Bertz CT molecular complexity index is 938. The fourth-order valence-electron chi connectivity index (χ4n) is 3.48. The SMILES string of the molecule is CC(C)(C)c1ccc(Nc2cnnc(Nc3ccc(N4CCCC4)cc3)n2)cc1. The summed E-state index contributed by atoms with van der Waals surface area (Å²) >= 11 is 0. The Morgan fingerprint density at radius 3 is 2.10 bits per heavy atom. The maximum Gasteiger partial charge on any atom is 0.249 e. The van der Waals surface area contributed by atoms with Crippen LogP contribution in [-0.4, -0.2) is 28.3 Å². The summed E-state index contributed by atoms with van der Waals surface area (Å²) in [7, 11) is 0. The second-order valence-corrected chi connectivity index (χ2v) is 8.48. The van der Waals surface area contributed by atoms with Crippen molar-refractivity contribution < 1.29 is 0 Å². The van der Waals surface area contributed by atoms with Gasteiger partial charge in [-0.1, -0.05) is 32.9 Å². The highest BCUT2D eigenvalue weighted by Crippen LogP contribution is 2.25. The third kappa shape index (κ3) is 4.83. The van der Waals surface area contributed by atoms with Crippen molar-refractivity contribution >= 4 is 28.8 Å². The predicted octanol–water partition coefficient (Wildman–Crippen LogP) is 5.26. The summed E-state index contributed by atoms with van der Waals surface area (Å²) in [5.74, 6) is 1.12. The Hall–Kier alpha value is -3.15. The van der Waals surface area contributed by atoms with E-state index >= 15 is 0 Å². The van der Waals surface area contributed by atoms with E-state index in [4.69, 9.17) is 0 Å². The summed E-state index contributed by atoms with van der Waals surface area (Å²) in [4.78, 5) is 6.94. The maximum atomic E-state index is 4.53. The lowest BCUT2D eigenvalue weighted by Gasteiger charge is -2.19. The van der Waals surface area contributed by atoms with E-state index in [1.807, 2.05) is 0 Å². The number of rotatable bonds is 5. The molecule has 0 radical (unpaired) electrons. The molecule has 1 saturated heterocycles. The van der Waals surface area contributed by atoms with E-state index in [9.17, 15) is 0 Å². The number of hydrogen-bond donors (Lipinski definition) is 2. The van der Waals surface area contributed by atoms with Gasteiger partial charge in [0, 0.05) is 30.2 Å². The smallest absolute Gasteiger partial charge is 0.249 e. The lowest BCUT2D eigenvalue weighted by molar-refractivity contribution is 0.590. The topological polar surface area (TPSA) is 66.0 Å². The molecule has 0 unspecified atom stereocenters. The normalized spacial score (nSPS) is 14.1. The van der Waals surface area contributed by atoms with E-state index in [-0.39, 0.29) is 5.41 Å². The average Bonchev–Trinajstić information content (AvgIpc) is 3.23. The molecule has 2 heterocycles. The molecule has 150 valence electrons. The number of nitrogens with zero attached hydrogens (tertiary/aromatic N) is 4. The summed E-state index contributed by atoms with van der Waals surface area (Å²) in [6.07, 6.45) is 4.18. The van der Waals surface area contributed by atoms with E-state index in [0.29, 0.717) is 11.8 Å². The second kappa shape index (κ2) is 8.07. The molecule has 1 aromatic heterocycles. The molecule has 0 spiro atoms. The van der Waals surface area contributed by atoms with Crippen LogP contribution < -0.4 is 15.5 Å². The molecular weight excluding hydrogens is 360 g/mol. The highest BCUT2D eigenvalue weighted by Gasteiger charge is 2.13. The first kappa shape index (κ1) is 19.2. The van der Waals surface area contributed by atoms with Crippen molar-refractivity contribution in [1.29, 1.82) is 0 Å². The number of aromatic nitrogens is 3. The molecule has 29 heavy (non-hydrogen) atoms. The minimum Gasteiger partial charge on any atom is -0.372 e. The third-order valence-electron chi connectivity index (χ3n) is 5.18. The van der Waals surface area contributed by atoms with Crippen LogP contribution in [0.25, 0.3) is 0 Å². The van der Waals surface area contributed by atoms with Crippen molar-refractivity contribution in [2.75, 3.05) is 28.6 Å². The lowest BCUT2D eigenvalue weighted by atomic mass is 9.87. The molecule has 6 nitrogen and oxygen atoms in total. The standard InChI is InChI=1S/C23H28N6/c1-23(2,3)17-6-8-18(9-7-17)25-21-16-24-28-22(27-21)26-19-10-12-20(13-11-19)29-14-4-5-15-29/h6-13,16H,4-5,14-15H2,1-3H3,(H2,25,26,27,28). The van der Waals surface area contributed by atoms with Crippen molar-refractivity contribution in [2.24, 2.45) is 0 Å². The Morgan fingerprint density at radius 1 is 0.828 bits per heavy atom. The molecule has 0 saturated carbocycles. The summed E-state index contributed by atoms with van der Waals surface area (Å²) < 4.78 is 0. The molecule has 2 N–H and O–H groups in total. The van der Waals surface area contributed by atoms with Gasteiger partial charge in [0.1, 0.15) is 0 Å². The van der Waals surface area contributed by atoms with Crippen LogP contribution in [0.1, 0.15) is 39.2 Å². The molecule has 1 aliphatic heterocycles. The molecule has 2 aromatic carbocycles. The number of hydrogen-bond acceptors (Lipinski definition) is 6. The fourth-order valence-corrected chi connectivity index (χ4v) is 3.48.